The topological polar surface area (TPSA) is 76.3 Å². The first-order valence-electron chi connectivity index (χ1n) is 5.95. The molecule has 6 heteroatoms. The van der Waals surface area contributed by atoms with Crippen molar-refractivity contribution >= 4 is 5.82 Å². The third kappa shape index (κ3) is 3.54. The molecule has 0 aliphatic carbocycles. The van der Waals surface area contributed by atoms with Gasteiger partial charge < -0.3 is 10.2 Å². The molecule has 0 spiro atoms. The van der Waals surface area contributed by atoms with E-state index in [1.807, 2.05) is 6.92 Å². The second-order valence-electron chi connectivity index (χ2n) is 4.18. The van der Waals surface area contributed by atoms with E-state index in [0.29, 0.717) is 24.1 Å². The van der Waals surface area contributed by atoms with Crippen LogP contribution in [0.1, 0.15) is 18.7 Å². The predicted molar refractivity (Wildman–Crippen MR) is 65.7 cm³/mol. The maximum atomic E-state index is 5.60. The molecule has 0 bridgehead atoms. The second-order valence-corrected chi connectivity index (χ2v) is 4.18. The zero-order valence-electron chi connectivity index (χ0n) is 10.1. The molecule has 0 saturated carbocycles. The van der Waals surface area contributed by atoms with E-state index in [9.17, 15) is 0 Å². The van der Waals surface area contributed by atoms with Crippen molar-refractivity contribution in [3.8, 4) is 5.88 Å². The van der Waals surface area contributed by atoms with Crippen LogP contribution in [-0.2, 0) is 0 Å². The largest absolute Gasteiger partial charge is 0.476 e. The standard InChI is InChI=1S/C11H19N5O/c1-9-13-10(15-12)8-11(14-9)17-7-6-16-4-2-3-5-16/h8H,2-7,12H2,1H3,(H,13,14,15). The lowest BCUT2D eigenvalue weighted by molar-refractivity contribution is 0.231. The molecule has 1 fully saturated rings. The second kappa shape index (κ2) is 5.79. The molecule has 1 aliphatic rings. The van der Waals surface area contributed by atoms with Crippen molar-refractivity contribution in [2.75, 3.05) is 31.7 Å². The third-order valence-corrected chi connectivity index (χ3v) is 2.82. The van der Waals surface area contributed by atoms with Crippen LogP contribution in [0, 0.1) is 6.92 Å². The van der Waals surface area contributed by atoms with Gasteiger partial charge in [0.2, 0.25) is 5.88 Å². The molecule has 0 atom stereocenters. The number of ether oxygens (including phenoxy) is 1. The molecule has 0 radical (unpaired) electrons. The molecule has 3 N–H and O–H groups in total. The fraction of sp³-hybridized carbons (Fsp3) is 0.636. The number of anilines is 1. The summed E-state index contributed by atoms with van der Waals surface area (Å²) >= 11 is 0. The average molecular weight is 237 g/mol. The molecule has 6 nitrogen and oxygen atoms in total. The van der Waals surface area contributed by atoms with Crippen LogP contribution in [0.3, 0.4) is 0 Å². The number of aryl methyl sites for hydroxylation is 1. The maximum absolute atomic E-state index is 5.60. The van der Waals surface area contributed by atoms with Crippen molar-refractivity contribution in [1.82, 2.24) is 14.9 Å². The summed E-state index contributed by atoms with van der Waals surface area (Å²) in [6.07, 6.45) is 2.60. The van der Waals surface area contributed by atoms with Gasteiger partial charge in [0.15, 0.2) is 0 Å². The van der Waals surface area contributed by atoms with Crippen LogP contribution in [0.5, 0.6) is 5.88 Å². The van der Waals surface area contributed by atoms with Gasteiger partial charge in [-0.3, -0.25) is 4.90 Å². The molecular formula is C11H19N5O. The zero-order valence-corrected chi connectivity index (χ0v) is 10.1. The summed E-state index contributed by atoms with van der Waals surface area (Å²) in [5.41, 5.74) is 2.50. The molecule has 94 valence electrons. The molecule has 0 amide bonds. The lowest BCUT2D eigenvalue weighted by atomic mass is 10.4. The van der Waals surface area contributed by atoms with E-state index >= 15 is 0 Å². The molecule has 1 saturated heterocycles. The maximum Gasteiger partial charge on any atom is 0.218 e. The molecule has 0 unspecified atom stereocenters. The number of hydrogen-bond donors (Lipinski definition) is 2. The average Bonchev–Trinajstić information content (AvgIpc) is 2.81. The van der Waals surface area contributed by atoms with Gasteiger partial charge in [-0.15, -0.1) is 0 Å². The minimum Gasteiger partial charge on any atom is -0.476 e. The Kier molecular flexibility index (Phi) is 4.11. The summed E-state index contributed by atoms with van der Waals surface area (Å²) in [5, 5.41) is 0. The van der Waals surface area contributed by atoms with E-state index in [0.717, 1.165) is 6.54 Å². The molecule has 1 aromatic heterocycles. The summed E-state index contributed by atoms with van der Waals surface area (Å²) in [4.78, 5) is 10.7. The number of nitrogens with zero attached hydrogens (tertiary/aromatic N) is 3. The van der Waals surface area contributed by atoms with Gasteiger partial charge in [0.05, 0.1) is 0 Å². The SMILES string of the molecule is Cc1nc(NN)cc(OCCN2CCCC2)n1. The van der Waals surface area contributed by atoms with Gasteiger partial charge in [-0.05, 0) is 32.9 Å². The van der Waals surface area contributed by atoms with Crippen LogP contribution in [0.25, 0.3) is 0 Å². The Morgan fingerprint density at radius 3 is 2.88 bits per heavy atom. The first-order chi connectivity index (χ1) is 8.28. The quantitative estimate of drug-likeness (QED) is 0.575. The first-order valence-corrected chi connectivity index (χ1v) is 5.95. The molecule has 2 heterocycles. The number of nitrogen functional groups attached to an aromatic ring is 1. The Balaban J connectivity index is 1.83. The Morgan fingerprint density at radius 2 is 2.18 bits per heavy atom. The fourth-order valence-corrected chi connectivity index (χ4v) is 1.97. The summed E-state index contributed by atoms with van der Waals surface area (Å²) in [7, 11) is 0. The van der Waals surface area contributed by atoms with Crippen molar-refractivity contribution < 1.29 is 4.74 Å². The van der Waals surface area contributed by atoms with Gasteiger partial charge in [0.1, 0.15) is 18.2 Å². The molecule has 1 aliphatic heterocycles. The van der Waals surface area contributed by atoms with Crippen LogP contribution in [-0.4, -0.2) is 41.1 Å². The van der Waals surface area contributed by atoms with Gasteiger partial charge in [-0.2, -0.15) is 4.98 Å². The Morgan fingerprint density at radius 1 is 1.41 bits per heavy atom. The summed E-state index contributed by atoms with van der Waals surface area (Å²) < 4.78 is 5.60. The number of nitrogens with two attached hydrogens (primary N) is 1. The Bertz CT molecular complexity index is 365. The van der Waals surface area contributed by atoms with Crippen molar-refractivity contribution in [3.05, 3.63) is 11.9 Å². The van der Waals surface area contributed by atoms with Gasteiger partial charge in [0, 0.05) is 12.6 Å². The Labute approximate surface area is 101 Å². The minimum atomic E-state index is 0.574. The molecule has 17 heavy (non-hydrogen) atoms. The number of likely N-dealkylation sites (tertiary alicyclic amines) is 1. The number of aromatic nitrogens is 2. The predicted octanol–water partition coefficient (Wildman–Crippen LogP) is 0.545. The van der Waals surface area contributed by atoms with Gasteiger partial charge in [0.25, 0.3) is 0 Å². The lowest BCUT2D eigenvalue weighted by Crippen LogP contribution is -2.25. The van der Waals surface area contributed by atoms with Crippen LogP contribution in [0.2, 0.25) is 0 Å². The highest BCUT2D eigenvalue weighted by Gasteiger charge is 2.11. The van der Waals surface area contributed by atoms with Gasteiger partial charge >= 0.3 is 0 Å². The highest BCUT2D eigenvalue weighted by atomic mass is 16.5. The first kappa shape index (κ1) is 12.1. The Hall–Kier alpha value is -1.40. The van der Waals surface area contributed by atoms with E-state index in [-0.39, 0.29) is 0 Å². The van der Waals surface area contributed by atoms with E-state index in [1.165, 1.54) is 25.9 Å². The van der Waals surface area contributed by atoms with Crippen LogP contribution < -0.4 is 16.0 Å². The van der Waals surface area contributed by atoms with E-state index in [1.54, 1.807) is 6.07 Å². The van der Waals surface area contributed by atoms with Crippen molar-refractivity contribution in [2.24, 2.45) is 5.84 Å². The van der Waals surface area contributed by atoms with Gasteiger partial charge in [-0.25, -0.2) is 10.8 Å². The smallest absolute Gasteiger partial charge is 0.218 e. The lowest BCUT2D eigenvalue weighted by Gasteiger charge is -2.14. The summed E-state index contributed by atoms with van der Waals surface area (Å²) in [6.45, 7) is 5.78. The van der Waals surface area contributed by atoms with Crippen LogP contribution in [0.15, 0.2) is 6.07 Å². The van der Waals surface area contributed by atoms with Crippen molar-refractivity contribution in [1.29, 1.82) is 0 Å². The molecular weight excluding hydrogens is 218 g/mol. The highest BCUT2D eigenvalue weighted by molar-refractivity contribution is 5.36. The zero-order chi connectivity index (χ0) is 12.1. The minimum absolute atomic E-state index is 0.574. The third-order valence-electron chi connectivity index (χ3n) is 2.82. The van der Waals surface area contributed by atoms with E-state index in [4.69, 9.17) is 10.6 Å². The number of rotatable bonds is 5. The van der Waals surface area contributed by atoms with Crippen LogP contribution >= 0.6 is 0 Å². The van der Waals surface area contributed by atoms with Crippen LogP contribution in [0.4, 0.5) is 5.82 Å². The summed E-state index contributed by atoms with van der Waals surface area (Å²) in [5.74, 6) is 7.11. The summed E-state index contributed by atoms with van der Waals surface area (Å²) in [6, 6.07) is 1.71. The van der Waals surface area contributed by atoms with Crippen molar-refractivity contribution in [3.63, 3.8) is 0 Å². The van der Waals surface area contributed by atoms with E-state index in [2.05, 4.69) is 20.3 Å². The number of nitrogens with one attached hydrogen (secondary N) is 1. The number of hydrogen-bond acceptors (Lipinski definition) is 6. The normalized spacial score (nSPS) is 16.1. The van der Waals surface area contributed by atoms with Crippen molar-refractivity contribution in [2.45, 2.75) is 19.8 Å². The molecule has 1 aromatic rings. The highest BCUT2D eigenvalue weighted by Crippen LogP contribution is 2.12. The molecule has 0 aromatic carbocycles. The van der Waals surface area contributed by atoms with E-state index < -0.39 is 0 Å². The molecule has 2 rings (SSSR count). The number of hydrazine groups is 1. The van der Waals surface area contributed by atoms with Gasteiger partial charge in [-0.1, -0.05) is 0 Å². The fourth-order valence-electron chi connectivity index (χ4n) is 1.97. The monoisotopic (exact) mass is 237 g/mol.